The second kappa shape index (κ2) is 6.64. The molecule has 0 radical (unpaired) electrons. The zero-order chi connectivity index (χ0) is 17.9. The number of nitrogens with one attached hydrogen (secondary N) is 1. The Morgan fingerprint density at radius 3 is 2.85 bits per heavy atom. The first-order chi connectivity index (χ1) is 12.7. The summed E-state index contributed by atoms with van der Waals surface area (Å²) in [5.41, 5.74) is 1.92. The topological polar surface area (TPSA) is 90.1 Å². The van der Waals surface area contributed by atoms with Crippen molar-refractivity contribution in [1.29, 1.82) is 0 Å². The Morgan fingerprint density at radius 1 is 1.15 bits per heavy atom. The van der Waals surface area contributed by atoms with E-state index >= 15 is 0 Å². The molecule has 128 valence electrons. The smallest absolute Gasteiger partial charge is 0.257 e. The monoisotopic (exact) mass is 346 g/mol. The van der Waals surface area contributed by atoms with Crippen molar-refractivity contribution < 1.29 is 14.1 Å². The number of hydrogen-bond donors (Lipinski definition) is 1. The van der Waals surface area contributed by atoms with E-state index in [1.165, 1.54) is 12.4 Å². The van der Waals surface area contributed by atoms with E-state index in [9.17, 15) is 4.79 Å². The third-order valence-electron chi connectivity index (χ3n) is 3.77. The van der Waals surface area contributed by atoms with E-state index in [1.807, 2.05) is 30.3 Å². The highest BCUT2D eigenvalue weighted by atomic mass is 16.5. The lowest BCUT2D eigenvalue weighted by atomic mass is 10.2. The van der Waals surface area contributed by atoms with Crippen LogP contribution in [0.25, 0.3) is 11.1 Å². The molecule has 1 aromatic carbocycles. The third kappa shape index (κ3) is 3.10. The van der Waals surface area contributed by atoms with Crippen LogP contribution in [0.2, 0.25) is 0 Å². The van der Waals surface area contributed by atoms with Gasteiger partial charge < -0.3 is 14.6 Å². The van der Waals surface area contributed by atoms with Crippen LogP contribution in [0, 0.1) is 6.92 Å². The molecule has 0 aliphatic carbocycles. The van der Waals surface area contributed by atoms with Gasteiger partial charge in [-0.25, -0.2) is 4.98 Å². The van der Waals surface area contributed by atoms with Crippen LogP contribution in [0.4, 0.5) is 5.69 Å². The van der Waals surface area contributed by atoms with Crippen molar-refractivity contribution in [3.63, 3.8) is 0 Å². The molecule has 0 saturated heterocycles. The number of carbonyl (C=O) groups is 1. The van der Waals surface area contributed by atoms with Gasteiger partial charge in [-0.2, -0.15) is 0 Å². The van der Waals surface area contributed by atoms with E-state index in [2.05, 4.69) is 20.4 Å². The fourth-order valence-corrected chi connectivity index (χ4v) is 2.44. The number of anilines is 1. The predicted molar refractivity (Wildman–Crippen MR) is 95.2 cm³/mol. The molecule has 0 aliphatic rings. The molecule has 1 N–H and O–H groups in total. The van der Waals surface area contributed by atoms with Crippen LogP contribution in [0.15, 0.2) is 65.6 Å². The molecule has 0 saturated carbocycles. The van der Waals surface area contributed by atoms with Crippen molar-refractivity contribution in [2.24, 2.45) is 0 Å². The number of pyridine rings is 2. The molecule has 1 amide bonds. The number of nitrogens with zero attached hydrogens (tertiary/aromatic N) is 3. The maximum atomic E-state index is 12.6. The molecular weight excluding hydrogens is 332 g/mol. The van der Waals surface area contributed by atoms with Crippen molar-refractivity contribution in [3.05, 3.63) is 72.3 Å². The van der Waals surface area contributed by atoms with Gasteiger partial charge in [-0.3, -0.25) is 9.78 Å². The maximum absolute atomic E-state index is 12.6. The number of amides is 1. The van der Waals surface area contributed by atoms with Gasteiger partial charge in [-0.1, -0.05) is 23.4 Å². The Labute approximate surface area is 148 Å². The minimum atomic E-state index is -0.328. The molecule has 26 heavy (non-hydrogen) atoms. The molecule has 0 unspecified atom stereocenters. The van der Waals surface area contributed by atoms with Crippen molar-refractivity contribution in [2.45, 2.75) is 6.92 Å². The zero-order valence-electron chi connectivity index (χ0n) is 13.8. The Kier molecular flexibility index (Phi) is 4.03. The summed E-state index contributed by atoms with van der Waals surface area (Å²) in [6, 6.07) is 12.7. The van der Waals surface area contributed by atoms with Gasteiger partial charge in [0, 0.05) is 18.5 Å². The molecule has 0 fully saturated rings. The minimum absolute atomic E-state index is 0.328. The van der Waals surface area contributed by atoms with Crippen LogP contribution < -0.4 is 10.1 Å². The maximum Gasteiger partial charge on any atom is 0.257 e. The summed E-state index contributed by atoms with van der Waals surface area (Å²) in [5.74, 6) is 0.832. The molecular formula is C19H14N4O3. The molecule has 4 rings (SSSR count). The van der Waals surface area contributed by atoms with Gasteiger partial charge in [0.15, 0.2) is 5.75 Å². The van der Waals surface area contributed by atoms with Crippen molar-refractivity contribution in [3.8, 4) is 11.5 Å². The largest absolute Gasteiger partial charge is 0.455 e. The quantitative estimate of drug-likeness (QED) is 0.601. The number of rotatable bonds is 4. The van der Waals surface area contributed by atoms with E-state index in [1.54, 1.807) is 25.3 Å². The number of ether oxygens (including phenoxy) is 1. The third-order valence-corrected chi connectivity index (χ3v) is 3.77. The summed E-state index contributed by atoms with van der Waals surface area (Å²) in [4.78, 5) is 20.8. The van der Waals surface area contributed by atoms with Crippen LogP contribution in [-0.2, 0) is 0 Å². The highest BCUT2D eigenvalue weighted by Gasteiger charge is 2.14. The van der Waals surface area contributed by atoms with E-state index in [4.69, 9.17) is 9.26 Å². The summed E-state index contributed by atoms with van der Waals surface area (Å²) in [6.07, 6.45) is 4.57. The average molecular weight is 346 g/mol. The number of hydrogen-bond acceptors (Lipinski definition) is 6. The van der Waals surface area contributed by atoms with Gasteiger partial charge in [0.25, 0.3) is 11.6 Å². The zero-order valence-corrected chi connectivity index (χ0v) is 13.8. The van der Waals surface area contributed by atoms with E-state index in [0.717, 1.165) is 0 Å². The van der Waals surface area contributed by atoms with Gasteiger partial charge in [0.05, 0.1) is 22.8 Å². The number of para-hydroxylation sites is 1. The normalized spacial score (nSPS) is 10.7. The van der Waals surface area contributed by atoms with Crippen molar-refractivity contribution in [2.75, 3.05) is 5.32 Å². The van der Waals surface area contributed by atoms with Gasteiger partial charge in [0.2, 0.25) is 0 Å². The first-order valence-electron chi connectivity index (χ1n) is 7.91. The highest BCUT2D eigenvalue weighted by molar-refractivity contribution is 6.06. The van der Waals surface area contributed by atoms with Crippen LogP contribution in [0.3, 0.4) is 0 Å². The molecule has 0 bridgehead atoms. The second-order valence-electron chi connectivity index (χ2n) is 5.59. The number of carbonyl (C=O) groups excluding carboxylic acids is 1. The summed E-state index contributed by atoms with van der Waals surface area (Å²) < 4.78 is 10.9. The van der Waals surface area contributed by atoms with E-state index in [-0.39, 0.29) is 5.91 Å². The standard InChI is InChI=1S/C19H14N4O3/c1-12-15-9-13(10-21-19(15)26-23-12)18(24)22-16-11-20-8-7-17(16)25-14-5-3-2-4-6-14/h2-11H,1H3,(H,22,24). The van der Waals surface area contributed by atoms with Crippen LogP contribution >= 0.6 is 0 Å². The Hall–Kier alpha value is -3.74. The fourth-order valence-electron chi connectivity index (χ4n) is 2.44. The molecule has 4 aromatic rings. The molecule has 0 spiro atoms. The van der Waals surface area contributed by atoms with Crippen molar-refractivity contribution >= 4 is 22.7 Å². The Balaban J connectivity index is 1.60. The highest BCUT2D eigenvalue weighted by Crippen LogP contribution is 2.28. The summed E-state index contributed by atoms with van der Waals surface area (Å²) in [6.45, 7) is 1.79. The summed E-state index contributed by atoms with van der Waals surface area (Å²) in [7, 11) is 0. The molecule has 3 aromatic heterocycles. The predicted octanol–water partition coefficient (Wildman–Crippen LogP) is 3.97. The van der Waals surface area contributed by atoms with E-state index < -0.39 is 0 Å². The number of benzene rings is 1. The van der Waals surface area contributed by atoms with Gasteiger partial charge in [-0.05, 0) is 25.1 Å². The average Bonchev–Trinajstić information content (AvgIpc) is 3.04. The van der Waals surface area contributed by atoms with Crippen LogP contribution in [0.5, 0.6) is 11.5 Å². The first kappa shape index (κ1) is 15.8. The fraction of sp³-hybridized carbons (Fsp3) is 0.0526. The lowest BCUT2D eigenvalue weighted by Gasteiger charge is -2.11. The summed E-state index contributed by atoms with van der Waals surface area (Å²) in [5, 5.41) is 7.35. The summed E-state index contributed by atoms with van der Waals surface area (Å²) >= 11 is 0. The second-order valence-corrected chi connectivity index (χ2v) is 5.59. The lowest BCUT2D eigenvalue weighted by Crippen LogP contribution is -2.13. The van der Waals surface area contributed by atoms with Crippen molar-refractivity contribution in [1.82, 2.24) is 15.1 Å². The van der Waals surface area contributed by atoms with Crippen LogP contribution in [-0.4, -0.2) is 21.0 Å². The molecule has 0 atom stereocenters. The minimum Gasteiger partial charge on any atom is -0.455 e. The number of fused-ring (bicyclic) bond motifs is 1. The van der Waals surface area contributed by atoms with Gasteiger partial charge >= 0.3 is 0 Å². The molecule has 7 nitrogen and oxygen atoms in total. The SMILES string of the molecule is Cc1noc2ncc(C(=O)Nc3cnccc3Oc3ccccc3)cc12. The molecule has 7 heteroatoms. The van der Waals surface area contributed by atoms with Gasteiger partial charge in [0.1, 0.15) is 11.4 Å². The lowest BCUT2D eigenvalue weighted by molar-refractivity contribution is 0.102. The van der Waals surface area contributed by atoms with Crippen LogP contribution in [0.1, 0.15) is 16.1 Å². The van der Waals surface area contributed by atoms with Gasteiger partial charge in [-0.15, -0.1) is 0 Å². The Morgan fingerprint density at radius 2 is 2.00 bits per heavy atom. The first-order valence-corrected chi connectivity index (χ1v) is 7.91. The number of aryl methyl sites for hydroxylation is 1. The Bertz CT molecular complexity index is 1080. The molecule has 3 heterocycles. The molecule has 0 aliphatic heterocycles. The van der Waals surface area contributed by atoms with E-state index in [0.29, 0.717) is 39.5 Å². The number of aromatic nitrogens is 3.